The molecular weight excluding hydrogens is 258 g/mol. The van der Waals surface area contributed by atoms with Crippen LogP contribution in [-0.4, -0.2) is 16.4 Å². The molecule has 1 fully saturated rings. The van der Waals surface area contributed by atoms with Crippen LogP contribution in [-0.2, 0) is 4.79 Å². The maximum absolute atomic E-state index is 12.2. The van der Waals surface area contributed by atoms with Gasteiger partial charge >= 0.3 is 0 Å². The number of anilines is 1. The second kappa shape index (κ2) is 5.20. The molecule has 1 aliphatic carbocycles. The Hall–Kier alpha value is -1.95. The lowest BCUT2D eigenvalue weighted by molar-refractivity contribution is -0.385. The highest BCUT2D eigenvalue weighted by Crippen LogP contribution is 2.31. The van der Waals surface area contributed by atoms with Crippen molar-refractivity contribution >= 4 is 17.3 Å². The van der Waals surface area contributed by atoms with Crippen LogP contribution in [0.15, 0.2) is 12.1 Å². The predicted octanol–water partition coefficient (Wildman–Crippen LogP) is 2.42. The number of carbonyl (C=O) groups is 1. The van der Waals surface area contributed by atoms with Crippen molar-refractivity contribution in [3.8, 4) is 0 Å². The number of carbonyl (C=O) groups excluding carboxylic acids is 1. The molecular formula is C14H19N3O3. The van der Waals surface area contributed by atoms with E-state index < -0.39 is 10.5 Å². The Bertz CT molecular complexity index is 563. The SMILES string of the molecule is Cc1cc(C)c([N+](=O)[O-])cc1NC(=O)C1(N)CCCC1. The first-order valence-electron chi connectivity index (χ1n) is 6.69. The zero-order valence-corrected chi connectivity index (χ0v) is 11.7. The summed E-state index contributed by atoms with van der Waals surface area (Å²) < 4.78 is 0. The normalized spacial score (nSPS) is 16.9. The van der Waals surface area contributed by atoms with E-state index in [1.807, 2.05) is 6.92 Å². The van der Waals surface area contributed by atoms with Gasteiger partial charge in [0, 0.05) is 11.6 Å². The lowest BCUT2D eigenvalue weighted by atomic mass is 9.97. The molecule has 1 saturated carbocycles. The van der Waals surface area contributed by atoms with Gasteiger partial charge in [-0.05, 0) is 38.3 Å². The summed E-state index contributed by atoms with van der Waals surface area (Å²) in [5, 5.41) is 13.7. The number of aryl methyl sites for hydroxylation is 2. The van der Waals surface area contributed by atoms with Gasteiger partial charge in [-0.15, -0.1) is 0 Å². The quantitative estimate of drug-likeness (QED) is 0.654. The topological polar surface area (TPSA) is 98.3 Å². The Labute approximate surface area is 117 Å². The molecule has 0 atom stereocenters. The number of amides is 1. The molecule has 0 spiro atoms. The van der Waals surface area contributed by atoms with Crippen LogP contribution < -0.4 is 11.1 Å². The van der Waals surface area contributed by atoms with Crippen LogP contribution in [0.3, 0.4) is 0 Å². The van der Waals surface area contributed by atoms with Gasteiger partial charge in [0.15, 0.2) is 0 Å². The van der Waals surface area contributed by atoms with E-state index in [2.05, 4.69) is 5.32 Å². The van der Waals surface area contributed by atoms with Crippen LogP contribution in [0.4, 0.5) is 11.4 Å². The standard InChI is InChI=1S/C14H19N3O3/c1-9-7-10(2)12(17(19)20)8-11(9)16-13(18)14(15)5-3-4-6-14/h7-8H,3-6,15H2,1-2H3,(H,16,18). The molecule has 0 saturated heterocycles. The van der Waals surface area contributed by atoms with Crippen LogP contribution >= 0.6 is 0 Å². The van der Waals surface area contributed by atoms with Gasteiger partial charge in [-0.2, -0.15) is 0 Å². The zero-order chi connectivity index (χ0) is 14.9. The van der Waals surface area contributed by atoms with Crippen LogP contribution in [0.5, 0.6) is 0 Å². The third-order valence-corrected chi connectivity index (χ3v) is 3.94. The van der Waals surface area contributed by atoms with Gasteiger partial charge in [0.1, 0.15) is 0 Å². The zero-order valence-electron chi connectivity index (χ0n) is 11.7. The van der Waals surface area contributed by atoms with E-state index in [1.54, 1.807) is 13.0 Å². The molecule has 6 nitrogen and oxygen atoms in total. The van der Waals surface area contributed by atoms with Crippen molar-refractivity contribution in [3.05, 3.63) is 33.4 Å². The van der Waals surface area contributed by atoms with Gasteiger partial charge < -0.3 is 11.1 Å². The number of hydrogen-bond donors (Lipinski definition) is 2. The minimum absolute atomic E-state index is 0.00314. The monoisotopic (exact) mass is 277 g/mol. The fraction of sp³-hybridized carbons (Fsp3) is 0.500. The van der Waals surface area contributed by atoms with E-state index in [1.165, 1.54) is 6.07 Å². The molecule has 0 unspecified atom stereocenters. The molecule has 3 N–H and O–H groups in total. The summed E-state index contributed by atoms with van der Waals surface area (Å²) in [6.45, 7) is 3.49. The number of rotatable bonds is 3. The second-order valence-corrected chi connectivity index (χ2v) is 5.53. The molecule has 0 heterocycles. The van der Waals surface area contributed by atoms with E-state index >= 15 is 0 Å². The molecule has 0 radical (unpaired) electrons. The van der Waals surface area contributed by atoms with Gasteiger partial charge in [-0.3, -0.25) is 14.9 Å². The number of nitrogens with two attached hydrogens (primary N) is 1. The second-order valence-electron chi connectivity index (χ2n) is 5.53. The first kappa shape index (κ1) is 14.5. The summed E-state index contributed by atoms with van der Waals surface area (Å²) >= 11 is 0. The highest BCUT2D eigenvalue weighted by atomic mass is 16.6. The molecule has 0 aliphatic heterocycles. The molecule has 108 valence electrons. The largest absolute Gasteiger partial charge is 0.324 e. The average Bonchev–Trinajstić information content (AvgIpc) is 2.80. The molecule has 1 amide bonds. The number of nitrogens with zero attached hydrogens (tertiary/aromatic N) is 1. The third kappa shape index (κ3) is 2.65. The fourth-order valence-electron chi connectivity index (χ4n) is 2.65. The van der Waals surface area contributed by atoms with E-state index in [0.29, 0.717) is 24.1 Å². The van der Waals surface area contributed by atoms with Crippen molar-refractivity contribution < 1.29 is 9.72 Å². The Morgan fingerprint density at radius 3 is 2.45 bits per heavy atom. The number of nitrogens with one attached hydrogen (secondary N) is 1. The van der Waals surface area contributed by atoms with E-state index in [-0.39, 0.29) is 11.6 Å². The Kier molecular flexibility index (Phi) is 3.76. The molecule has 20 heavy (non-hydrogen) atoms. The number of hydrogen-bond acceptors (Lipinski definition) is 4. The molecule has 0 aromatic heterocycles. The number of nitro benzene ring substituents is 1. The average molecular weight is 277 g/mol. The Balaban J connectivity index is 2.27. The summed E-state index contributed by atoms with van der Waals surface area (Å²) in [5.41, 5.74) is 7.08. The lowest BCUT2D eigenvalue weighted by Crippen LogP contribution is -2.48. The maximum atomic E-state index is 12.2. The van der Waals surface area contributed by atoms with Crippen molar-refractivity contribution in [1.82, 2.24) is 0 Å². The molecule has 2 rings (SSSR count). The number of benzene rings is 1. The summed E-state index contributed by atoms with van der Waals surface area (Å²) in [7, 11) is 0. The minimum atomic E-state index is -0.841. The molecule has 1 aromatic carbocycles. The van der Waals surface area contributed by atoms with Crippen LogP contribution in [0.1, 0.15) is 36.8 Å². The summed E-state index contributed by atoms with van der Waals surface area (Å²) in [5.74, 6) is -0.253. The Morgan fingerprint density at radius 2 is 1.90 bits per heavy atom. The lowest BCUT2D eigenvalue weighted by Gasteiger charge is -2.23. The molecule has 0 bridgehead atoms. The van der Waals surface area contributed by atoms with Gasteiger partial charge in [0.05, 0.1) is 16.1 Å². The van der Waals surface area contributed by atoms with Crippen LogP contribution in [0, 0.1) is 24.0 Å². The molecule has 1 aromatic rings. The summed E-state index contributed by atoms with van der Waals surface area (Å²) in [6, 6.07) is 3.10. The third-order valence-electron chi connectivity index (χ3n) is 3.94. The maximum Gasteiger partial charge on any atom is 0.274 e. The highest BCUT2D eigenvalue weighted by Gasteiger charge is 2.37. The molecule has 1 aliphatic rings. The smallest absolute Gasteiger partial charge is 0.274 e. The molecule has 6 heteroatoms. The fourth-order valence-corrected chi connectivity index (χ4v) is 2.65. The van der Waals surface area contributed by atoms with E-state index in [4.69, 9.17) is 5.73 Å². The van der Waals surface area contributed by atoms with E-state index in [0.717, 1.165) is 18.4 Å². The highest BCUT2D eigenvalue weighted by molar-refractivity contribution is 5.99. The van der Waals surface area contributed by atoms with Gasteiger partial charge in [-0.1, -0.05) is 12.8 Å². The summed E-state index contributed by atoms with van der Waals surface area (Å²) in [6.07, 6.45) is 3.20. The minimum Gasteiger partial charge on any atom is -0.324 e. The summed E-state index contributed by atoms with van der Waals surface area (Å²) in [4.78, 5) is 22.8. The van der Waals surface area contributed by atoms with Gasteiger partial charge in [-0.25, -0.2) is 0 Å². The van der Waals surface area contributed by atoms with Crippen LogP contribution in [0.25, 0.3) is 0 Å². The van der Waals surface area contributed by atoms with Gasteiger partial charge in [0.25, 0.3) is 5.69 Å². The van der Waals surface area contributed by atoms with Crippen molar-refractivity contribution in [3.63, 3.8) is 0 Å². The van der Waals surface area contributed by atoms with E-state index in [9.17, 15) is 14.9 Å². The first-order valence-corrected chi connectivity index (χ1v) is 6.69. The number of nitro groups is 1. The van der Waals surface area contributed by atoms with Crippen molar-refractivity contribution in [2.75, 3.05) is 5.32 Å². The van der Waals surface area contributed by atoms with Crippen molar-refractivity contribution in [1.29, 1.82) is 0 Å². The van der Waals surface area contributed by atoms with Crippen LogP contribution in [0.2, 0.25) is 0 Å². The van der Waals surface area contributed by atoms with Crippen molar-refractivity contribution in [2.45, 2.75) is 45.1 Å². The van der Waals surface area contributed by atoms with Gasteiger partial charge in [0.2, 0.25) is 5.91 Å². The van der Waals surface area contributed by atoms with Crippen molar-refractivity contribution in [2.24, 2.45) is 5.73 Å². The Morgan fingerprint density at radius 1 is 1.30 bits per heavy atom. The first-order chi connectivity index (χ1) is 9.33. The predicted molar refractivity (Wildman–Crippen MR) is 76.6 cm³/mol.